The van der Waals surface area contributed by atoms with Crippen molar-refractivity contribution in [2.45, 2.75) is 88.5 Å². The van der Waals surface area contributed by atoms with E-state index in [4.69, 9.17) is 9.47 Å². The normalized spacial score (nSPS) is 31.0. The Kier molecular flexibility index (Phi) is 6.43. The molecule has 2 bridgehead atoms. The molecule has 0 aromatic heterocycles. The molecular formula is C35H40N2O4. The fourth-order valence-corrected chi connectivity index (χ4v) is 8.66. The van der Waals surface area contributed by atoms with Gasteiger partial charge >= 0.3 is 5.97 Å². The van der Waals surface area contributed by atoms with Crippen molar-refractivity contribution in [2.24, 2.45) is 11.8 Å². The highest BCUT2D eigenvalue weighted by atomic mass is 16.6. The van der Waals surface area contributed by atoms with Crippen LogP contribution in [0.25, 0.3) is 0 Å². The van der Waals surface area contributed by atoms with Gasteiger partial charge in [0.2, 0.25) is 0 Å². The first kappa shape index (κ1) is 26.6. The predicted octanol–water partition coefficient (Wildman–Crippen LogP) is 4.73. The Morgan fingerprint density at radius 1 is 1.10 bits per heavy atom. The average molecular weight is 553 g/mol. The Morgan fingerprint density at radius 3 is 2.63 bits per heavy atom. The number of likely N-dealkylation sites (tertiary alicyclic amines) is 1. The van der Waals surface area contributed by atoms with E-state index in [0.717, 1.165) is 43.2 Å². The molecule has 6 heteroatoms. The first-order valence-corrected chi connectivity index (χ1v) is 15.4. The SMILES string of the molecule is CC(=O)O[C@@]12CC[C@H](N(CC(C)C)C(=O)C#Cc3ccccc3)[C@@H]3Oc4cccc5c4[C@@]31CCN(CC1CC1)[C@@H]2C5. The average Bonchev–Trinajstić information content (AvgIpc) is 3.70. The second-order valence-electron chi connectivity index (χ2n) is 13.3. The lowest BCUT2D eigenvalue weighted by Gasteiger charge is -2.65. The van der Waals surface area contributed by atoms with Crippen molar-refractivity contribution in [1.29, 1.82) is 0 Å². The molecule has 2 aliphatic heterocycles. The number of hydrogen-bond acceptors (Lipinski definition) is 5. The summed E-state index contributed by atoms with van der Waals surface area (Å²) in [5.74, 6) is 7.58. The number of carbonyl (C=O) groups is 2. The molecule has 5 atom stereocenters. The third-order valence-corrected chi connectivity index (χ3v) is 10.2. The van der Waals surface area contributed by atoms with E-state index in [-0.39, 0.29) is 36.0 Å². The molecule has 1 amide bonds. The summed E-state index contributed by atoms with van der Waals surface area (Å²) in [7, 11) is 0. The minimum atomic E-state index is -0.672. The van der Waals surface area contributed by atoms with E-state index in [1.807, 2.05) is 35.2 Å². The highest BCUT2D eigenvalue weighted by Crippen LogP contribution is 2.66. The van der Waals surface area contributed by atoms with Crippen LogP contribution in [0.2, 0.25) is 0 Å². The summed E-state index contributed by atoms with van der Waals surface area (Å²) >= 11 is 0. The van der Waals surface area contributed by atoms with Gasteiger partial charge in [-0.25, -0.2) is 0 Å². The minimum Gasteiger partial charge on any atom is -0.487 e. The topological polar surface area (TPSA) is 59.1 Å². The molecule has 0 unspecified atom stereocenters. The highest BCUT2D eigenvalue weighted by Gasteiger charge is 2.75. The lowest BCUT2D eigenvalue weighted by molar-refractivity contribution is -0.224. The molecule has 214 valence electrons. The van der Waals surface area contributed by atoms with Crippen molar-refractivity contribution < 1.29 is 19.1 Å². The smallest absolute Gasteiger partial charge is 0.303 e. The van der Waals surface area contributed by atoms with Crippen LogP contribution in [0.5, 0.6) is 5.75 Å². The lowest BCUT2D eigenvalue weighted by Crippen LogP contribution is -2.79. The van der Waals surface area contributed by atoms with Crippen molar-refractivity contribution >= 4 is 11.9 Å². The van der Waals surface area contributed by atoms with Crippen molar-refractivity contribution in [2.75, 3.05) is 19.6 Å². The van der Waals surface area contributed by atoms with Crippen LogP contribution in [0.1, 0.15) is 69.6 Å². The summed E-state index contributed by atoms with van der Waals surface area (Å²) in [4.78, 5) is 31.4. The molecule has 3 fully saturated rings. The first-order valence-electron chi connectivity index (χ1n) is 15.4. The van der Waals surface area contributed by atoms with Gasteiger partial charge in [-0.1, -0.05) is 50.1 Å². The predicted molar refractivity (Wildman–Crippen MR) is 156 cm³/mol. The molecule has 2 aromatic rings. The van der Waals surface area contributed by atoms with E-state index in [9.17, 15) is 9.59 Å². The maximum absolute atomic E-state index is 13.9. The number of rotatable bonds is 6. The van der Waals surface area contributed by atoms with Crippen LogP contribution in [-0.2, 0) is 26.2 Å². The van der Waals surface area contributed by atoms with Crippen LogP contribution in [0.15, 0.2) is 48.5 Å². The van der Waals surface area contributed by atoms with E-state index >= 15 is 0 Å². The van der Waals surface area contributed by atoms with Crippen LogP contribution in [0, 0.1) is 23.7 Å². The molecule has 0 N–H and O–H groups in total. The minimum absolute atomic E-state index is 0.112. The van der Waals surface area contributed by atoms with Gasteiger partial charge in [0.05, 0.1) is 17.5 Å². The standard InChI is InChI=1S/C35H40N2O4/c1-23(2)21-37(31(39)15-14-25-8-5-4-6-9-25)28-16-17-35(41-24(3)38)30-20-27-10-7-11-29-32(27)34(35,33(28)40-29)18-19-36(30)22-26-12-13-26/h4-11,23,26,28,30,33H,12-13,16-22H2,1-3H3/t28-,30+,33-,34-,35+/m0/s1. The zero-order chi connectivity index (χ0) is 28.4. The van der Waals surface area contributed by atoms with Gasteiger partial charge in [0, 0.05) is 37.1 Å². The van der Waals surface area contributed by atoms with Crippen LogP contribution in [0.3, 0.4) is 0 Å². The molecule has 1 saturated heterocycles. The first-order chi connectivity index (χ1) is 19.8. The second-order valence-corrected chi connectivity index (χ2v) is 13.3. The molecule has 2 aromatic carbocycles. The van der Waals surface area contributed by atoms with Crippen LogP contribution >= 0.6 is 0 Å². The summed E-state index contributed by atoms with van der Waals surface area (Å²) < 4.78 is 13.6. The summed E-state index contributed by atoms with van der Waals surface area (Å²) in [6, 6.07) is 16.0. The van der Waals surface area contributed by atoms with Crippen LogP contribution in [-0.4, -0.2) is 65.1 Å². The Bertz CT molecular complexity index is 1420. The largest absolute Gasteiger partial charge is 0.487 e. The molecule has 1 spiro atoms. The molecule has 2 heterocycles. The molecule has 3 aliphatic carbocycles. The second kappa shape index (κ2) is 9.91. The van der Waals surface area contributed by atoms with Gasteiger partial charge in [-0.15, -0.1) is 0 Å². The number of amides is 1. The monoisotopic (exact) mass is 552 g/mol. The van der Waals surface area contributed by atoms with Gasteiger partial charge < -0.3 is 14.4 Å². The van der Waals surface area contributed by atoms with Crippen molar-refractivity contribution in [1.82, 2.24) is 9.80 Å². The third kappa shape index (κ3) is 4.19. The fourth-order valence-electron chi connectivity index (χ4n) is 8.66. The van der Waals surface area contributed by atoms with E-state index < -0.39 is 11.0 Å². The number of esters is 1. The Balaban J connectivity index is 1.32. The Labute approximate surface area is 243 Å². The van der Waals surface area contributed by atoms with E-state index in [1.165, 1.54) is 24.0 Å². The molecule has 5 aliphatic rings. The van der Waals surface area contributed by atoms with Gasteiger partial charge in [0.25, 0.3) is 5.91 Å². The third-order valence-electron chi connectivity index (χ3n) is 10.2. The van der Waals surface area contributed by atoms with Crippen molar-refractivity contribution in [3.05, 3.63) is 65.2 Å². The lowest BCUT2D eigenvalue weighted by atomic mass is 9.48. The Hall–Kier alpha value is -3.30. The number of benzene rings is 2. The number of carbonyl (C=O) groups excluding carboxylic acids is 2. The molecule has 2 saturated carbocycles. The molecule has 6 nitrogen and oxygen atoms in total. The summed E-state index contributed by atoms with van der Waals surface area (Å²) in [5.41, 5.74) is 2.21. The number of ether oxygens (including phenoxy) is 2. The maximum atomic E-state index is 13.9. The molecule has 7 rings (SSSR count). The summed E-state index contributed by atoms with van der Waals surface area (Å²) in [6.45, 7) is 8.47. The van der Waals surface area contributed by atoms with Gasteiger partial charge in [0.15, 0.2) is 0 Å². The van der Waals surface area contributed by atoms with Gasteiger partial charge in [0.1, 0.15) is 17.5 Å². The van der Waals surface area contributed by atoms with Crippen LogP contribution < -0.4 is 4.74 Å². The zero-order valence-corrected chi connectivity index (χ0v) is 24.4. The summed E-state index contributed by atoms with van der Waals surface area (Å²) in [6.07, 6.45) is 5.43. The summed E-state index contributed by atoms with van der Waals surface area (Å²) in [5, 5.41) is 0. The number of hydrogen-bond donors (Lipinski definition) is 0. The zero-order valence-electron chi connectivity index (χ0n) is 24.4. The molecule has 0 radical (unpaired) electrons. The van der Waals surface area contributed by atoms with Crippen molar-refractivity contribution in [3.8, 4) is 17.6 Å². The maximum Gasteiger partial charge on any atom is 0.303 e. The Morgan fingerprint density at radius 2 is 1.90 bits per heavy atom. The van der Waals surface area contributed by atoms with E-state index in [1.54, 1.807) is 6.92 Å². The van der Waals surface area contributed by atoms with E-state index in [0.29, 0.717) is 19.4 Å². The van der Waals surface area contributed by atoms with Crippen molar-refractivity contribution in [3.63, 3.8) is 0 Å². The fraction of sp³-hybridized carbons (Fsp3) is 0.543. The van der Waals surface area contributed by atoms with E-state index in [2.05, 4.69) is 48.8 Å². The molecule has 41 heavy (non-hydrogen) atoms. The van der Waals surface area contributed by atoms with Crippen LogP contribution in [0.4, 0.5) is 0 Å². The highest BCUT2D eigenvalue weighted by molar-refractivity contribution is 5.94. The molecular weight excluding hydrogens is 512 g/mol. The van der Waals surface area contributed by atoms with Gasteiger partial charge in [-0.05, 0) is 80.7 Å². The van der Waals surface area contributed by atoms with Gasteiger partial charge in [-0.3, -0.25) is 14.5 Å². The quantitative estimate of drug-likeness (QED) is 0.383. The number of nitrogens with zero attached hydrogens (tertiary/aromatic N) is 2. The number of piperidine rings is 1. The van der Waals surface area contributed by atoms with Gasteiger partial charge in [-0.2, -0.15) is 0 Å².